The van der Waals surface area contributed by atoms with Crippen LogP contribution in [-0.2, 0) is 7.05 Å². The number of rotatable bonds is 4. The Kier molecular flexibility index (Phi) is 5.19. The van der Waals surface area contributed by atoms with Crippen LogP contribution in [0.5, 0.6) is 0 Å². The molecule has 10 heteroatoms. The van der Waals surface area contributed by atoms with Gasteiger partial charge in [-0.05, 0) is 31.2 Å². The summed E-state index contributed by atoms with van der Waals surface area (Å²) in [6.45, 7) is 1.78. The molecule has 0 saturated heterocycles. The normalized spacial score (nSPS) is 12.0. The number of hydrogen-bond acceptors (Lipinski definition) is 5. The second kappa shape index (κ2) is 7.38. The average molecular weight is 438 g/mol. The number of hydrogen-bond donors (Lipinski definition) is 1. The molecule has 2 aromatic heterocycles. The number of halogens is 2. The lowest BCUT2D eigenvalue weighted by molar-refractivity contribution is 0.0938. The van der Waals surface area contributed by atoms with Crippen molar-refractivity contribution in [3.8, 4) is 5.82 Å². The molecule has 0 spiro atoms. The second-order valence-electron chi connectivity index (χ2n) is 5.54. The van der Waals surface area contributed by atoms with E-state index in [9.17, 15) is 9.59 Å². The van der Waals surface area contributed by atoms with Crippen LogP contribution in [0.15, 0.2) is 45.9 Å². The van der Waals surface area contributed by atoms with Gasteiger partial charge in [-0.3, -0.25) is 9.59 Å². The molecule has 3 aromatic rings. The predicted octanol–water partition coefficient (Wildman–Crippen LogP) is 2.27. The van der Waals surface area contributed by atoms with Crippen molar-refractivity contribution >= 4 is 33.4 Å². The molecule has 3 rings (SSSR count). The van der Waals surface area contributed by atoms with Gasteiger partial charge in [0.2, 0.25) is 0 Å². The number of carbonyl (C=O) groups excluding carboxylic acids is 1. The lowest BCUT2D eigenvalue weighted by atomic mass is 10.2. The number of nitrogens with zero attached hydrogens (tertiary/aromatic N) is 5. The zero-order valence-electron chi connectivity index (χ0n) is 13.8. The summed E-state index contributed by atoms with van der Waals surface area (Å²) in [7, 11) is 1.55. The first-order valence-corrected chi connectivity index (χ1v) is 8.74. The molecule has 0 saturated carbocycles. The van der Waals surface area contributed by atoms with Gasteiger partial charge in [-0.2, -0.15) is 9.78 Å². The molecule has 0 aliphatic heterocycles. The first-order chi connectivity index (χ1) is 12.3. The van der Waals surface area contributed by atoms with E-state index in [4.69, 9.17) is 11.6 Å². The molecule has 1 aromatic carbocycles. The van der Waals surface area contributed by atoms with Crippen molar-refractivity contribution in [2.24, 2.45) is 7.05 Å². The van der Waals surface area contributed by atoms with Crippen molar-refractivity contribution in [2.45, 2.75) is 13.0 Å². The maximum atomic E-state index is 12.5. The summed E-state index contributed by atoms with van der Waals surface area (Å²) < 4.78 is 3.38. The smallest absolute Gasteiger partial charge is 0.266 e. The molecule has 2 heterocycles. The fourth-order valence-electron chi connectivity index (χ4n) is 2.35. The van der Waals surface area contributed by atoms with Crippen LogP contribution in [0.25, 0.3) is 5.82 Å². The first kappa shape index (κ1) is 18.3. The van der Waals surface area contributed by atoms with Crippen LogP contribution < -0.4 is 10.9 Å². The number of carbonyl (C=O) groups is 1. The molecule has 0 fully saturated rings. The van der Waals surface area contributed by atoms with Crippen molar-refractivity contribution in [1.82, 2.24) is 29.9 Å². The van der Waals surface area contributed by atoms with Crippen LogP contribution in [-0.4, -0.2) is 30.5 Å². The van der Waals surface area contributed by atoms with Gasteiger partial charge in [0, 0.05) is 28.2 Å². The Morgan fingerprint density at radius 3 is 2.77 bits per heavy atom. The fraction of sp³-hybridized carbons (Fsp3) is 0.188. The number of amides is 1. The summed E-state index contributed by atoms with van der Waals surface area (Å²) in [6.07, 6.45) is 1.36. The van der Waals surface area contributed by atoms with Crippen molar-refractivity contribution in [3.05, 3.63) is 67.9 Å². The van der Waals surface area contributed by atoms with E-state index < -0.39 is 6.04 Å². The molecule has 0 bridgehead atoms. The highest BCUT2D eigenvalue weighted by atomic mass is 79.9. The topological polar surface area (TPSA) is 94.7 Å². The molecular formula is C16H14BrClN6O2. The van der Waals surface area contributed by atoms with Crippen LogP contribution in [0.1, 0.15) is 29.1 Å². The predicted molar refractivity (Wildman–Crippen MR) is 99.4 cm³/mol. The maximum Gasteiger partial charge on any atom is 0.266 e. The zero-order chi connectivity index (χ0) is 18.8. The van der Waals surface area contributed by atoms with Crippen molar-refractivity contribution < 1.29 is 4.79 Å². The summed E-state index contributed by atoms with van der Waals surface area (Å²) in [5, 5.41) is 11.6. The van der Waals surface area contributed by atoms with Gasteiger partial charge in [0.05, 0.1) is 6.04 Å². The average Bonchev–Trinajstić information content (AvgIpc) is 3.06. The SMILES string of the molecule is C[C@H](NC(=O)c1cc(Cl)cc(Br)c1)c1ncnn1-c1ccc(=O)n(C)n1. The highest BCUT2D eigenvalue weighted by molar-refractivity contribution is 9.10. The third-order valence-electron chi connectivity index (χ3n) is 3.60. The summed E-state index contributed by atoms with van der Waals surface area (Å²) in [5.74, 6) is 0.598. The van der Waals surface area contributed by atoms with E-state index in [-0.39, 0.29) is 11.5 Å². The largest absolute Gasteiger partial charge is 0.342 e. The monoisotopic (exact) mass is 436 g/mol. The molecule has 1 atom stereocenters. The van der Waals surface area contributed by atoms with Gasteiger partial charge in [-0.15, -0.1) is 5.10 Å². The highest BCUT2D eigenvalue weighted by Gasteiger charge is 2.19. The molecule has 0 aliphatic rings. The minimum Gasteiger partial charge on any atom is -0.342 e. The lowest BCUT2D eigenvalue weighted by Crippen LogP contribution is -2.29. The van der Waals surface area contributed by atoms with Crippen molar-refractivity contribution in [3.63, 3.8) is 0 Å². The van der Waals surface area contributed by atoms with Crippen molar-refractivity contribution in [1.29, 1.82) is 0 Å². The zero-order valence-corrected chi connectivity index (χ0v) is 16.2. The molecule has 0 aliphatic carbocycles. The second-order valence-corrected chi connectivity index (χ2v) is 6.89. The highest BCUT2D eigenvalue weighted by Crippen LogP contribution is 2.20. The van der Waals surface area contributed by atoms with E-state index in [1.54, 1.807) is 38.2 Å². The standard InChI is InChI=1S/C16H14BrClN6O2/c1-9(21-16(26)10-5-11(17)7-12(18)6-10)15-19-8-20-24(15)13-3-4-14(25)23(2)22-13/h3-9H,1-2H3,(H,21,26)/t9-/m0/s1. The molecule has 1 amide bonds. The molecule has 26 heavy (non-hydrogen) atoms. The summed E-state index contributed by atoms with van der Waals surface area (Å²) in [6, 6.07) is 7.43. The minimum atomic E-state index is -0.457. The number of nitrogens with one attached hydrogen (secondary N) is 1. The van der Waals surface area contributed by atoms with E-state index in [1.807, 2.05) is 0 Å². The van der Waals surface area contributed by atoms with E-state index in [1.165, 1.54) is 21.8 Å². The molecule has 8 nitrogen and oxygen atoms in total. The van der Waals surface area contributed by atoms with Crippen LogP contribution in [0.4, 0.5) is 0 Å². The Morgan fingerprint density at radius 2 is 2.08 bits per heavy atom. The van der Waals surface area contributed by atoms with E-state index in [0.29, 0.717) is 26.7 Å². The van der Waals surface area contributed by atoms with Gasteiger partial charge in [-0.1, -0.05) is 27.5 Å². The quantitative estimate of drug-likeness (QED) is 0.676. The van der Waals surface area contributed by atoms with Gasteiger partial charge < -0.3 is 5.32 Å². The Labute approximate surface area is 161 Å². The molecule has 1 N–H and O–H groups in total. The van der Waals surface area contributed by atoms with E-state index >= 15 is 0 Å². The fourth-order valence-corrected chi connectivity index (χ4v) is 3.21. The van der Waals surface area contributed by atoms with E-state index in [2.05, 4.69) is 36.4 Å². The van der Waals surface area contributed by atoms with Gasteiger partial charge >= 0.3 is 0 Å². The summed E-state index contributed by atoms with van der Waals surface area (Å²) in [4.78, 5) is 28.2. The molecule has 134 valence electrons. The summed E-state index contributed by atoms with van der Waals surface area (Å²) in [5.41, 5.74) is 0.186. The third-order valence-corrected chi connectivity index (χ3v) is 4.27. The Hall–Kier alpha value is -2.52. The van der Waals surface area contributed by atoms with Crippen LogP contribution in [0.2, 0.25) is 5.02 Å². The Bertz CT molecular complexity index is 1010. The third kappa shape index (κ3) is 3.83. The first-order valence-electron chi connectivity index (χ1n) is 7.57. The van der Waals surface area contributed by atoms with Crippen LogP contribution in [0.3, 0.4) is 0 Å². The van der Waals surface area contributed by atoms with Gasteiger partial charge in [-0.25, -0.2) is 9.67 Å². The van der Waals surface area contributed by atoms with Gasteiger partial charge in [0.25, 0.3) is 11.5 Å². The number of aryl methyl sites for hydroxylation is 1. The van der Waals surface area contributed by atoms with Gasteiger partial charge in [0.1, 0.15) is 6.33 Å². The molecule has 0 unspecified atom stereocenters. The van der Waals surface area contributed by atoms with Crippen LogP contribution >= 0.6 is 27.5 Å². The number of aromatic nitrogens is 5. The van der Waals surface area contributed by atoms with Gasteiger partial charge in [0.15, 0.2) is 11.6 Å². The maximum absolute atomic E-state index is 12.5. The van der Waals surface area contributed by atoms with Crippen LogP contribution in [0, 0.1) is 0 Å². The summed E-state index contributed by atoms with van der Waals surface area (Å²) >= 11 is 9.30. The lowest BCUT2D eigenvalue weighted by Gasteiger charge is -2.14. The molecular weight excluding hydrogens is 424 g/mol. The van der Waals surface area contributed by atoms with Crippen molar-refractivity contribution in [2.75, 3.05) is 0 Å². The minimum absolute atomic E-state index is 0.233. The van der Waals surface area contributed by atoms with E-state index in [0.717, 1.165) is 0 Å². The Balaban J connectivity index is 1.86. The molecule has 0 radical (unpaired) electrons. The number of benzene rings is 1. The Morgan fingerprint density at radius 1 is 1.31 bits per heavy atom.